The van der Waals surface area contributed by atoms with Crippen LogP contribution in [0.15, 0.2) is 54.6 Å². The summed E-state index contributed by atoms with van der Waals surface area (Å²) in [6.07, 6.45) is 1.41. The van der Waals surface area contributed by atoms with Crippen LogP contribution in [0.5, 0.6) is 0 Å². The van der Waals surface area contributed by atoms with Crippen molar-refractivity contribution in [2.75, 3.05) is 23.7 Å². The van der Waals surface area contributed by atoms with E-state index in [1.165, 1.54) is 0 Å². The number of nitrogens with two attached hydrogens (primary N) is 1. The number of primary sulfonamides is 1. The molecule has 154 valence electrons. The van der Waals surface area contributed by atoms with Gasteiger partial charge in [0.2, 0.25) is 15.9 Å². The number of hydrogen-bond donors (Lipinski definition) is 3. The fraction of sp³-hybridized carbons (Fsp3) is 0.300. The zero-order valence-electron chi connectivity index (χ0n) is 15.9. The third-order valence-corrected chi connectivity index (χ3v) is 5.40. The van der Waals surface area contributed by atoms with Gasteiger partial charge in [0.15, 0.2) is 0 Å². The van der Waals surface area contributed by atoms with Crippen molar-refractivity contribution in [2.24, 2.45) is 11.1 Å². The molecule has 0 aromatic heterocycles. The second-order valence-corrected chi connectivity index (χ2v) is 8.69. The Labute approximate surface area is 170 Å². The smallest absolute Gasteiger partial charge is 0.321 e. The van der Waals surface area contributed by atoms with Crippen molar-refractivity contribution in [3.05, 3.63) is 60.2 Å². The van der Waals surface area contributed by atoms with Gasteiger partial charge in [0.1, 0.15) is 0 Å². The summed E-state index contributed by atoms with van der Waals surface area (Å²) in [5, 5.41) is 10.7. The number of para-hydroxylation sites is 1. The molecule has 0 spiro atoms. The van der Waals surface area contributed by atoms with Crippen molar-refractivity contribution < 1.29 is 18.0 Å². The number of carbonyl (C=O) groups excluding carboxylic acids is 2. The highest BCUT2D eigenvalue weighted by atomic mass is 32.2. The maximum Gasteiger partial charge on any atom is 0.321 e. The van der Waals surface area contributed by atoms with Crippen LogP contribution in [0.1, 0.15) is 18.4 Å². The number of carbonyl (C=O) groups is 2. The van der Waals surface area contributed by atoms with Gasteiger partial charge in [-0.3, -0.25) is 4.79 Å². The average Bonchev–Trinajstić information content (AvgIpc) is 2.68. The molecule has 29 heavy (non-hydrogen) atoms. The lowest BCUT2D eigenvalue weighted by atomic mass is 9.97. The molecule has 1 fully saturated rings. The summed E-state index contributed by atoms with van der Waals surface area (Å²) in [5.41, 5.74) is 1.70. The van der Waals surface area contributed by atoms with E-state index in [4.69, 9.17) is 5.14 Å². The Kier molecular flexibility index (Phi) is 6.50. The molecule has 3 amide bonds. The Morgan fingerprint density at radius 3 is 2.48 bits per heavy atom. The third kappa shape index (κ3) is 6.30. The highest BCUT2D eigenvalue weighted by Gasteiger charge is 2.28. The maximum atomic E-state index is 12.7. The van der Waals surface area contributed by atoms with Gasteiger partial charge in [-0.05, 0) is 42.7 Å². The van der Waals surface area contributed by atoms with Gasteiger partial charge in [-0.15, -0.1) is 0 Å². The highest BCUT2D eigenvalue weighted by molar-refractivity contribution is 7.88. The van der Waals surface area contributed by atoms with E-state index in [1.54, 1.807) is 41.3 Å². The Balaban J connectivity index is 1.60. The predicted octanol–water partition coefficient (Wildman–Crippen LogP) is 2.36. The standard InChI is InChI=1S/C20H24N4O4S/c21-29(27,28)14-15-6-4-10-18(12-15)22-19(25)16-7-5-11-24(13-16)20(26)23-17-8-2-1-3-9-17/h1-4,6,8-10,12,16H,5,7,11,13-14H2,(H,22,25)(H,23,26)(H2,21,27,28). The SMILES string of the molecule is NS(=O)(=O)Cc1cccc(NC(=O)C2CCCN(C(=O)Nc3ccccc3)C2)c1. The van der Waals surface area contributed by atoms with E-state index in [0.717, 1.165) is 6.42 Å². The number of rotatable bonds is 5. The Hall–Kier alpha value is -2.91. The molecule has 1 unspecified atom stereocenters. The van der Waals surface area contributed by atoms with Crippen molar-refractivity contribution in [1.82, 2.24) is 4.90 Å². The molecule has 0 radical (unpaired) electrons. The molecule has 0 bridgehead atoms. The van der Waals surface area contributed by atoms with Gasteiger partial charge in [0.25, 0.3) is 0 Å². The van der Waals surface area contributed by atoms with Gasteiger partial charge < -0.3 is 15.5 Å². The molecule has 8 nitrogen and oxygen atoms in total. The van der Waals surface area contributed by atoms with E-state index in [-0.39, 0.29) is 23.6 Å². The topological polar surface area (TPSA) is 122 Å². The average molecular weight is 417 g/mol. The van der Waals surface area contributed by atoms with Crippen molar-refractivity contribution in [3.63, 3.8) is 0 Å². The van der Waals surface area contributed by atoms with Crippen molar-refractivity contribution in [2.45, 2.75) is 18.6 Å². The molecular weight excluding hydrogens is 392 g/mol. The van der Waals surface area contributed by atoms with Crippen molar-refractivity contribution in [1.29, 1.82) is 0 Å². The molecule has 0 aliphatic carbocycles. The van der Waals surface area contributed by atoms with Crippen molar-refractivity contribution >= 4 is 33.3 Å². The molecule has 2 aromatic carbocycles. The lowest BCUT2D eigenvalue weighted by Gasteiger charge is -2.32. The van der Waals surface area contributed by atoms with E-state index in [9.17, 15) is 18.0 Å². The monoisotopic (exact) mass is 416 g/mol. The van der Waals surface area contributed by atoms with E-state index >= 15 is 0 Å². The van der Waals surface area contributed by atoms with Crippen LogP contribution in [0, 0.1) is 5.92 Å². The van der Waals surface area contributed by atoms with Crippen LogP contribution in [-0.2, 0) is 20.6 Å². The number of nitrogens with zero attached hydrogens (tertiary/aromatic N) is 1. The summed E-state index contributed by atoms with van der Waals surface area (Å²) in [6.45, 7) is 0.910. The Bertz CT molecular complexity index is 979. The summed E-state index contributed by atoms with van der Waals surface area (Å²) >= 11 is 0. The Morgan fingerprint density at radius 2 is 1.76 bits per heavy atom. The molecule has 9 heteroatoms. The fourth-order valence-electron chi connectivity index (χ4n) is 3.32. The molecule has 4 N–H and O–H groups in total. The first kappa shape index (κ1) is 20.8. The zero-order chi connectivity index (χ0) is 20.9. The second kappa shape index (κ2) is 9.06. The van der Waals surface area contributed by atoms with Crippen LogP contribution in [0.2, 0.25) is 0 Å². The van der Waals surface area contributed by atoms with Gasteiger partial charge in [-0.1, -0.05) is 30.3 Å². The minimum atomic E-state index is -3.65. The van der Waals surface area contributed by atoms with Crippen LogP contribution < -0.4 is 15.8 Å². The summed E-state index contributed by atoms with van der Waals surface area (Å²) in [6, 6.07) is 15.5. The van der Waals surface area contributed by atoms with Gasteiger partial charge in [0, 0.05) is 24.5 Å². The summed E-state index contributed by atoms with van der Waals surface area (Å²) in [7, 11) is -3.65. The molecular formula is C20H24N4O4S. The van der Waals surface area contributed by atoms with Gasteiger partial charge in [0.05, 0.1) is 11.7 Å². The number of likely N-dealkylation sites (tertiary alicyclic amines) is 1. The van der Waals surface area contributed by atoms with Crippen molar-refractivity contribution in [3.8, 4) is 0 Å². The number of anilines is 2. The maximum absolute atomic E-state index is 12.7. The first-order chi connectivity index (χ1) is 13.8. The molecule has 1 atom stereocenters. The van der Waals surface area contributed by atoms with Crippen LogP contribution in [-0.4, -0.2) is 38.3 Å². The number of amides is 3. The first-order valence-corrected chi connectivity index (χ1v) is 11.0. The number of sulfonamides is 1. The molecule has 1 aliphatic rings. The van der Waals surface area contributed by atoms with Crippen LogP contribution in [0.4, 0.5) is 16.2 Å². The quantitative estimate of drug-likeness (QED) is 0.692. The number of urea groups is 1. The van der Waals surface area contributed by atoms with Crippen LogP contribution >= 0.6 is 0 Å². The zero-order valence-corrected chi connectivity index (χ0v) is 16.7. The number of nitrogens with one attached hydrogen (secondary N) is 2. The lowest BCUT2D eigenvalue weighted by molar-refractivity contribution is -0.121. The van der Waals surface area contributed by atoms with E-state index in [1.807, 2.05) is 18.2 Å². The van der Waals surface area contributed by atoms with Gasteiger partial charge in [-0.2, -0.15) is 0 Å². The molecule has 1 heterocycles. The lowest BCUT2D eigenvalue weighted by Crippen LogP contribution is -2.45. The van der Waals surface area contributed by atoms with Crippen LogP contribution in [0.25, 0.3) is 0 Å². The predicted molar refractivity (Wildman–Crippen MR) is 112 cm³/mol. The number of benzene rings is 2. The summed E-state index contributed by atoms with van der Waals surface area (Å²) in [4.78, 5) is 26.8. The minimum absolute atomic E-state index is 0.199. The van der Waals surface area contributed by atoms with E-state index in [2.05, 4.69) is 10.6 Å². The molecule has 3 rings (SSSR count). The summed E-state index contributed by atoms with van der Waals surface area (Å²) in [5.74, 6) is -0.838. The summed E-state index contributed by atoms with van der Waals surface area (Å²) < 4.78 is 22.5. The first-order valence-electron chi connectivity index (χ1n) is 9.31. The molecule has 1 saturated heterocycles. The fourth-order valence-corrected chi connectivity index (χ4v) is 3.96. The number of hydrogen-bond acceptors (Lipinski definition) is 4. The largest absolute Gasteiger partial charge is 0.326 e. The van der Waals surface area contributed by atoms with Gasteiger partial charge in [-0.25, -0.2) is 18.4 Å². The molecule has 2 aromatic rings. The van der Waals surface area contributed by atoms with Gasteiger partial charge >= 0.3 is 6.03 Å². The Morgan fingerprint density at radius 1 is 1.03 bits per heavy atom. The molecule has 0 saturated carbocycles. The van der Waals surface area contributed by atoms with Crippen LogP contribution in [0.3, 0.4) is 0 Å². The highest BCUT2D eigenvalue weighted by Crippen LogP contribution is 2.21. The van der Waals surface area contributed by atoms with E-state index < -0.39 is 10.0 Å². The minimum Gasteiger partial charge on any atom is -0.326 e. The normalized spacial score (nSPS) is 16.9. The second-order valence-electron chi connectivity index (χ2n) is 7.08. The molecule has 1 aliphatic heterocycles. The third-order valence-electron chi connectivity index (χ3n) is 4.67. The van der Waals surface area contributed by atoms with E-state index in [0.29, 0.717) is 36.4 Å². The number of piperidine rings is 1.